The summed E-state index contributed by atoms with van der Waals surface area (Å²) < 4.78 is 10.5. The van der Waals surface area contributed by atoms with Gasteiger partial charge in [-0.3, -0.25) is 0 Å². The van der Waals surface area contributed by atoms with Gasteiger partial charge in [0, 0.05) is 21.9 Å². The van der Waals surface area contributed by atoms with Crippen molar-refractivity contribution in [1.29, 1.82) is 0 Å². The lowest BCUT2D eigenvalue weighted by Gasteiger charge is -2.09. The molecule has 0 aliphatic rings. The number of fused-ring (bicyclic) bond motifs is 3. The zero-order valence-corrected chi connectivity index (χ0v) is 16.8. The lowest BCUT2D eigenvalue weighted by molar-refractivity contribution is 0.415. The molecule has 146 valence electrons. The fraction of sp³-hybridized carbons (Fsp3) is 0.0769. The normalized spacial score (nSPS) is 11.0. The quantitative estimate of drug-likeness (QED) is 0.345. The number of pyridine rings is 2. The molecule has 5 aromatic rings. The van der Waals surface area contributed by atoms with Gasteiger partial charge in [-0.1, -0.05) is 24.3 Å². The summed E-state index contributed by atoms with van der Waals surface area (Å²) in [6.45, 7) is 0. The number of aromatic nitrogens is 2. The maximum Gasteiger partial charge on any atom is 0.118 e. The van der Waals surface area contributed by atoms with Gasteiger partial charge in [-0.25, -0.2) is 9.97 Å². The van der Waals surface area contributed by atoms with Gasteiger partial charge in [0.1, 0.15) is 11.5 Å². The van der Waals surface area contributed by atoms with Crippen molar-refractivity contribution in [1.82, 2.24) is 9.97 Å². The van der Waals surface area contributed by atoms with E-state index < -0.39 is 0 Å². The summed E-state index contributed by atoms with van der Waals surface area (Å²) in [5, 5.41) is 2.14. The van der Waals surface area contributed by atoms with Crippen molar-refractivity contribution in [2.24, 2.45) is 0 Å². The Morgan fingerprint density at radius 2 is 0.833 bits per heavy atom. The van der Waals surface area contributed by atoms with Crippen LogP contribution >= 0.6 is 0 Å². The van der Waals surface area contributed by atoms with Gasteiger partial charge in [0.2, 0.25) is 0 Å². The number of hydrogen-bond acceptors (Lipinski definition) is 4. The summed E-state index contributed by atoms with van der Waals surface area (Å²) in [5.41, 5.74) is 5.71. The average molecular weight is 392 g/mol. The third-order valence-corrected chi connectivity index (χ3v) is 5.29. The van der Waals surface area contributed by atoms with Gasteiger partial charge < -0.3 is 9.47 Å². The van der Waals surface area contributed by atoms with Crippen LogP contribution in [0.3, 0.4) is 0 Å². The van der Waals surface area contributed by atoms with E-state index in [4.69, 9.17) is 19.4 Å². The van der Waals surface area contributed by atoms with Crippen molar-refractivity contribution < 1.29 is 9.47 Å². The van der Waals surface area contributed by atoms with Crippen molar-refractivity contribution in [3.8, 4) is 34.0 Å². The molecule has 4 nitrogen and oxygen atoms in total. The molecule has 4 heteroatoms. The summed E-state index contributed by atoms with van der Waals surface area (Å²) in [6, 6.07) is 28.4. The first-order valence-electron chi connectivity index (χ1n) is 9.74. The van der Waals surface area contributed by atoms with Gasteiger partial charge >= 0.3 is 0 Å². The van der Waals surface area contributed by atoms with E-state index in [1.54, 1.807) is 14.2 Å². The van der Waals surface area contributed by atoms with E-state index in [0.29, 0.717) is 0 Å². The molecule has 0 aliphatic carbocycles. The van der Waals surface area contributed by atoms with E-state index in [0.717, 1.165) is 55.8 Å². The van der Waals surface area contributed by atoms with E-state index >= 15 is 0 Å². The number of ether oxygens (including phenoxy) is 2. The monoisotopic (exact) mass is 392 g/mol. The maximum atomic E-state index is 5.26. The van der Waals surface area contributed by atoms with E-state index in [-0.39, 0.29) is 0 Å². The van der Waals surface area contributed by atoms with E-state index in [1.807, 2.05) is 60.7 Å². The van der Waals surface area contributed by atoms with E-state index in [2.05, 4.69) is 24.3 Å². The summed E-state index contributed by atoms with van der Waals surface area (Å²) >= 11 is 0. The molecule has 0 aliphatic heterocycles. The molecule has 0 saturated heterocycles. The molecule has 0 radical (unpaired) electrons. The molecule has 0 saturated carbocycles. The minimum Gasteiger partial charge on any atom is -0.497 e. The van der Waals surface area contributed by atoms with Gasteiger partial charge in [-0.05, 0) is 60.7 Å². The largest absolute Gasteiger partial charge is 0.497 e. The van der Waals surface area contributed by atoms with Crippen LogP contribution in [0.1, 0.15) is 0 Å². The average Bonchev–Trinajstić information content (AvgIpc) is 2.83. The predicted molar refractivity (Wildman–Crippen MR) is 121 cm³/mol. The van der Waals surface area contributed by atoms with E-state index in [9.17, 15) is 0 Å². The van der Waals surface area contributed by atoms with Crippen LogP contribution in [0, 0.1) is 0 Å². The second kappa shape index (κ2) is 7.48. The minimum absolute atomic E-state index is 0.829. The van der Waals surface area contributed by atoms with Crippen LogP contribution in [0.2, 0.25) is 0 Å². The van der Waals surface area contributed by atoms with Crippen LogP contribution < -0.4 is 9.47 Å². The lowest BCUT2D eigenvalue weighted by Crippen LogP contribution is -1.91. The summed E-state index contributed by atoms with van der Waals surface area (Å²) in [7, 11) is 3.34. The van der Waals surface area contributed by atoms with Crippen molar-refractivity contribution in [2.75, 3.05) is 14.2 Å². The highest BCUT2D eigenvalue weighted by atomic mass is 16.5. The van der Waals surface area contributed by atoms with Crippen LogP contribution in [-0.2, 0) is 0 Å². The summed E-state index contributed by atoms with van der Waals surface area (Å²) in [5.74, 6) is 1.66. The molecular weight excluding hydrogens is 372 g/mol. The third kappa shape index (κ3) is 3.22. The summed E-state index contributed by atoms with van der Waals surface area (Å²) in [4.78, 5) is 9.94. The highest BCUT2D eigenvalue weighted by Gasteiger charge is 2.09. The standard InChI is InChI=1S/C26H20N2O2/c1-29-21-11-5-17(6-12-21)23-15-9-19-3-4-20-10-16-24(28-26(20)25(19)27-23)18-7-13-22(30-2)14-8-18/h3-16H,1-2H3. The molecule has 5 rings (SSSR count). The van der Waals surface area contributed by atoms with Crippen molar-refractivity contribution in [3.63, 3.8) is 0 Å². The Morgan fingerprint density at radius 3 is 1.20 bits per heavy atom. The molecule has 3 aromatic carbocycles. The number of rotatable bonds is 4. The third-order valence-electron chi connectivity index (χ3n) is 5.29. The molecule has 0 bridgehead atoms. The Morgan fingerprint density at radius 1 is 0.467 bits per heavy atom. The maximum absolute atomic E-state index is 5.26. The Hall–Kier alpha value is -3.92. The van der Waals surface area contributed by atoms with Gasteiger partial charge in [0.15, 0.2) is 0 Å². The minimum atomic E-state index is 0.829. The molecule has 0 unspecified atom stereocenters. The van der Waals surface area contributed by atoms with Crippen LogP contribution in [0.5, 0.6) is 11.5 Å². The molecule has 0 amide bonds. The Bertz CT molecular complexity index is 1240. The molecule has 2 aromatic heterocycles. The van der Waals surface area contributed by atoms with Gasteiger partial charge in [0.05, 0.1) is 36.6 Å². The molecule has 0 spiro atoms. The molecule has 0 fully saturated rings. The van der Waals surface area contributed by atoms with Crippen LogP contribution in [0.15, 0.2) is 84.9 Å². The fourth-order valence-corrected chi connectivity index (χ4v) is 3.61. The van der Waals surface area contributed by atoms with E-state index in [1.165, 1.54) is 0 Å². The predicted octanol–water partition coefficient (Wildman–Crippen LogP) is 6.13. The summed E-state index contributed by atoms with van der Waals surface area (Å²) in [6.07, 6.45) is 0. The second-order valence-electron chi connectivity index (χ2n) is 7.06. The van der Waals surface area contributed by atoms with Crippen LogP contribution in [0.25, 0.3) is 44.3 Å². The number of hydrogen-bond donors (Lipinski definition) is 0. The highest BCUT2D eigenvalue weighted by molar-refractivity contribution is 6.04. The molecule has 0 N–H and O–H groups in total. The van der Waals surface area contributed by atoms with Crippen molar-refractivity contribution >= 4 is 21.8 Å². The first-order valence-corrected chi connectivity index (χ1v) is 9.74. The molecule has 30 heavy (non-hydrogen) atoms. The zero-order valence-electron chi connectivity index (χ0n) is 16.8. The number of nitrogens with zero attached hydrogens (tertiary/aromatic N) is 2. The Kier molecular flexibility index (Phi) is 4.52. The van der Waals surface area contributed by atoms with Crippen LogP contribution in [0.4, 0.5) is 0 Å². The van der Waals surface area contributed by atoms with Crippen LogP contribution in [-0.4, -0.2) is 24.2 Å². The topological polar surface area (TPSA) is 44.2 Å². The number of methoxy groups -OCH3 is 2. The SMILES string of the molecule is COc1ccc(-c2ccc3ccc4ccc(-c5ccc(OC)cc5)nc4c3n2)cc1. The Balaban J connectivity index is 1.65. The van der Waals surface area contributed by atoms with Crippen molar-refractivity contribution in [2.45, 2.75) is 0 Å². The number of benzene rings is 3. The smallest absolute Gasteiger partial charge is 0.118 e. The second-order valence-corrected chi connectivity index (χ2v) is 7.06. The van der Waals surface area contributed by atoms with Gasteiger partial charge in [-0.2, -0.15) is 0 Å². The van der Waals surface area contributed by atoms with Gasteiger partial charge in [-0.15, -0.1) is 0 Å². The lowest BCUT2D eigenvalue weighted by atomic mass is 10.1. The molecule has 0 atom stereocenters. The van der Waals surface area contributed by atoms with Gasteiger partial charge in [0.25, 0.3) is 0 Å². The first kappa shape index (κ1) is 18.1. The molecule has 2 heterocycles. The first-order chi connectivity index (χ1) is 14.7. The fourth-order valence-electron chi connectivity index (χ4n) is 3.61. The zero-order chi connectivity index (χ0) is 20.5. The van der Waals surface area contributed by atoms with Crippen molar-refractivity contribution in [3.05, 3.63) is 84.9 Å². The molecular formula is C26H20N2O2. The highest BCUT2D eigenvalue weighted by Crippen LogP contribution is 2.29. The Labute approximate surface area is 174 Å².